The highest BCUT2D eigenvalue weighted by Crippen LogP contribution is 2.33. The van der Waals surface area contributed by atoms with Gasteiger partial charge in [-0.2, -0.15) is 0 Å². The minimum Gasteiger partial charge on any atom is -0.465 e. The third-order valence-electron chi connectivity index (χ3n) is 4.20. The Morgan fingerprint density at radius 2 is 1.87 bits per heavy atom. The summed E-state index contributed by atoms with van der Waals surface area (Å²) in [5.41, 5.74) is 0.664. The van der Waals surface area contributed by atoms with E-state index in [0.29, 0.717) is 24.7 Å². The third kappa shape index (κ3) is 3.84. The topological polar surface area (TPSA) is 48.0 Å². The molecule has 0 unspecified atom stereocenters. The lowest BCUT2D eigenvalue weighted by Crippen LogP contribution is -2.39. The zero-order valence-electron chi connectivity index (χ0n) is 13.5. The molecule has 0 aliphatic carbocycles. The molecule has 0 spiro atoms. The molecule has 1 aromatic rings. The van der Waals surface area contributed by atoms with Crippen molar-refractivity contribution >= 4 is 27.6 Å². The smallest absolute Gasteiger partial charge is 0.339 e. The van der Waals surface area contributed by atoms with Gasteiger partial charge in [-0.15, -0.1) is 0 Å². The molecule has 23 heavy (non-hydrogen) atoms. The summed E-state index contributed by atoms with van der Waals surface area (Å²) in [7, 11) is 4.53. The molecule has 0 bridgehead atoms. The van der Waals surface area contributed by atoms with Gasteiger partial charge < -0.3 is 19.1 Å². The molecule has 1 fully saturated rings. The molecule has 0 amide bonds. The van der Waals surface area contributed by atoms with Gasteiger partial charge in [0, 0.05) is 33.2 Å². The number of methoxy groups -OCH3 is 3. The van der Waals surface area contributed by atoms with Crippen LogP contribution in [0.25, 0.3) is 0 Å². The fraction of sp³-hybridized carbons (Fsp3) is 0.562. The van der Waals surface area contributed by atoms with E-state index in [1.165, 1.54) is 7.11 Å². The van der Waals surface area contributed by atoms with Crippen LogP contribution in [0.15, 0.2) is 16.6 Å². The molecule has 1 saturated heterocycles. The Kier molecular flexibility index (Phi) is 6.38. The van der Waals surface area contributed by atoms with Crippen LogP contribution in [-0.2, 0) is 14.2 Å². The molecule has 0 saturated carbocycles. The first-order chi connectivity index (χ1) is 11.0. The number of esters is 1. The van der Waals surface area contributed by atoms with Crippen molar-refractivity contribution in [3.63, 3.8) is 0 Å². The summed E-state index contributed by atoms with van der Waals surface area (Å²) < 4.78 is 30.0. The monoisotopic (exact) mass is 389 g/mol. The average Bonchev–Trinajstić information content (AvgIpc) is 2.58. The number of halogens is 2. The van der Waals surface area contributed by atoms with Gasteiger partial charge in [0.1, 0.15) is 0 Å². The highest BCUT2D eigenvalue weighted by Gasteiger charge is 2.28. The van der Waals surface area contributed by atoms with Gasteiger partial charge in [0.2, 0.25) is 0 Å². The molecule has 1 aliphatic heterocycles. The minimum absolute atomic E-state index is 0.135. The van der Waals surface area contributed by atoms with Crippen LogP contribution < -0.4 is 4.90 Å². The van der Waals surface area contributed by atoms with E-state index in [1.807, 2.05) is 4.90 Å². The maximum Gasteiger partial charge on any atom is 0.339 e. The molecular weight excluding hydrogens is 369 g/mol. The molecule has 1 aromatic carbocycles. The molecule has 5 nitrogen and oxygen atoms in total. The number of carbonyl (C=O) groups excluding carboxylic acids is 1. The second-order valence-electron chi connectivity index (χ2n) is 5.42. The van der Waals surface area contributed by atoms with E-state index in [0.717, 1.165) is 12.8 Å². The van der Waals surface area contributed by atoms with Crippen molar-refractivity contribution in [2.24, 2.45) is 5.92 Å². The summed E-state index contributed by atoms with van der Waals surface area (Å²) in [4.78, 5) is 13.6. The molecule has 1 heterocycles. The van der Waals surface area contributed by atoms with Crippen molar-refractivity contribution in [1.82, 2.24) is 0 Å². The van der Waals surface area contributed by atoms with Crippen molar-refractivity contribution in [2.45, 2.75) is 19.1 Å². The van der Waals surface area contributed by atoms with Gasteiger partial charge in [-0.1, -0.05) is 0 Å². The number of anilines is 1. The molecular formula is C16H21BrFNO4. The van der Waals surface area contributed by atoms with Crippen LogP contribution in [0, 0.1) is 11.7 Å². The Morgan fingerprint density at radius 1 is 1.26 bits per heavy atom. The molecule has 0 N–H and O–H groups in total. The molecule has 1 aliphatic rings. The Morgan fingerprint density at radius 3 is 2.39 bits per heavy atom. The van der Waals surface area contributed by atoms with Crippen molar-refractivity contribution in [3.05, 3.63) is 28.0 Å². The second-order valence-corrected chi connectivity index (χ2v) is 6.21. The maximum absolute atomic E-state index is 14.6. The highest BCUT2D eigenvalue weighted by atomic mass is 79.9. The van der Waals surface area contributed by atoms with Crippen molar-refractivity contribution in [1.29, 1.82) is 0 Å². The summed E-state index contributed by atoms with van der Waals surface area (Å²) in [6.45, 7) is 1.41. The molecule has 0 radical (unpaired) electrons. The summed E-state index contributed by atoms with van der Waals surface area (Å²) in [5.74, 6) is -0.715. The van der Waals surface area contributed by atoms with Gasteiger partial charge in [0.15, 0.2) is 12.1 Å². The second kappa shape index (κ2) is 8.08. The number of benzene rings is 1. The van der Waals surface area contributed by atoms with E-state index in [1.54, 1.807) is 26.4 Å². The Hall–Kier alpha value is -1.18. The number of ether oxygens (including phenoxy) is 3. The summed E-state index contributed by atoms with van der Waals surface area (Å²) in [6.07, 6.45) is 1.47. The van der Waals surface area contributed by atoms with Crippen LogP contribution in [-0.4, -0.2) is 46.7 Å². The predicted molar refractivity (Wildman–Crippen MR) is 88.2 cm³/mol. The van der Waals surface area contributed by atoms with Crippen molar-refractivity contribution in [2.75, 3.05) is 39.3 Å². The van der Waals surface area contributed by atoms with Gasteiger partial charge in [-0.25, -0.2) is 9.18 Å². The summed E-state index contributed by atoms with van der Waals surface area (Å²) in [5, 5.41) is 0. The van der Waals surface area contributed by atoms with E-state index in [4.69, 9.17) is 9.47 Å². The molecule has 7 heteroatoms. The normalized spacial score (nSPS) is 16.0. The first kappa shape index (κ1) is 18.2. The number of piperidine rings is 1. The highest BCUT2D eigenvalue weighted by molar-refractivity contribution is 9.10. The third-order valence-corrected chi connectivity index (χ3v) is 4.97. The number of hydrogen-bond donors (Lipinski definition) is 0. The zero-order valence-corrected chi connectivity index (χ0v) is 15.1. The maximum atomic E-state index is 14.6. The number of rotatable bonds is 5. The number of hydrogen-bond acceptors (Lipinski definition) is 5. The van der Waals surface area contributed by atoms with Crippen LogP contribution in [0.3, 0.4) is 0 Å². The van der Waals surface area contributed by atoms with Crippen LogP contribution in [0.4, 0.5) is 10.1 Å². The van der Waals surface area contributed by atoms with E-state index in [9.17, 15) is 9.18 Å². The lowest BCUT2D eigenvalue weighted by molar-refractivity contribution is -0.141. The van der Waals surface area contributed by atoms with E-state index >= 15 is 0 Å². The van der Waals surface area contributed by atoms with Gasteiger partial charge in [0.25, 0.3) is 0 Å². The summed E-state index contributed by atoms with van der Waals surface area (Å²) in [6, 6.07) is 3.20. The summed E-state index contributed by atoms with van der Waals surface area (Å²) >= 11 is 3.15. The lowest BCUT2D eigenvalue weighted by atomic mass is 9.95. The van der Waals surface area contributed by atoms with E-state index in [-0.39, 0.29) is 16.3 Å². The zero-order chi connectivity index (χ0) is 17.0. The van der Waals surface area contributed by atoms with Gasteiger partial charge in [-0.3, -0.25) is 0 Å². The van der Waals surface area contributed by atoms with E-state index in [2.05, 4.69) is 20.7 Å². The quantitative estimate of drug-likeness (QED) is 0.571. The SMILES string of the molecule is COC(=O)c1ccc(N2CCC(C(OC)OC)CC2)c(F)c1Br. The standard InChI is InChI=1S/C16H21BrFNO4/c1-21-15(20)11-4-5-12(14(18)13(11)17)19-8-6-10(7-9-19)16(22-2)23-3/h4-5,10,16H,6-9H2,1-3H3. The minimum atomic E-state index is -0.566. The van der Waals surface area contributed by atoms with Gasteiger partial charge in [-0.05, 0) is 40.9 Å². The fourth-order valence-electron chi connectivity index (χ4n) is 2.94. The first-order valence-corrected chi connectivity index (χ1v) is 8.19. The van der Waals surface area contributed by atoms with Crippen LogP contribution in [0.2, 0.25) is 0 Å². The lowest BCUT2D eigenvalue weighted by Gasteiger charge is -2.36. The Bertz CT molecular complexity index is 557. The Balaban J connectivity index is 2.12. The predicted octanol–water partition coefficient (Wildman–Crippen LogP) is 3.21. The first-order valence-electron chi connectivity index (χ1n) is 7.40. The van der Waals surface area contributed by atoms with Crippen LogP contribution in [0.5, 0.6) is 0 Å². The van der Waals surface area contributed by atoms with Gasteiger partial charge in [0.05, 0.1) is 22.8 Å². The van der Waals surface area contributed by atoms with Crippen LogP contribution in [0.1, 0.15) is 23.2 Å². The average molecular weight is 390 g/mol. The Labute approximate surface area is 143 Å². The fourth-order valence-corrected chi connectivity index (χ4v) is 3.44. The number of carbonyl (C=O) groups is 1. The molecule has 0 aromatic heterocycles. The largest absolute Gasteiger partial charge is 0.465 e. The van der Waals surface area contributed by atoms with Gasteiger partial charge >= 0.3 is 5.97 Å². The molecule has 128 valence electrons. The molecule has 2 rings (SSSR count). The van der Waals surface area contributed by atoms with Crippen molar-refractivity contribution in [3.8, 4) is 0 Å². The van der Waals surface area contributed by atoms with E-state index < -0.39 is 11.8 Å². The van der Waals surface area contributed by atoms with Crippen LogP contribution >= 0.6 is 15.9 Å². The number of nitrogens with zero attached hydrogens (tertiary/aromatic N) is 1. The molecule has 0 atom stereocenters. The van der Waals surface area contributed by atoms with Crippen molar-refractivity contribution < 1.29 is 23.4 Å².